The number of aryl methyl sites for hydroxylation is 2. The molecule has 0 radical (unpaired) electrons. The molecule has 0 aliphatic carbocycles. The lowest BCUT2D eigenvalue weighted by Crippen LogP contribution is -2.27. The number of rotatable bonds is 3. The quantitative estimate of drug-likeness (QED) is 0.909. The third kappa shape index (κ3) is 2.92. The van der Waals surface area contributed by atoms with Gasteiger partial charge in [-0.2, -0.15) is 5.10 Å². The minimum atomic E-state index is -0.243. The van der Waals surface area contributed by atoms with Crippen LogP contribution in [0.3, 0.4) is 0 Å². The lowest BCUT2D eigenvalue weighted by atomic mass is 10.1. The Balaban J connectivity index is 1.73. The standard InChI is InChI=1S/C15H18ClN5O/c1-9(13-7-11-4-2-3-5-21(11)20-13)19-15(22)10-6-12(16)14(17)18-8-10/h6-9H,2-5H2,1H3,(H2,17,18)(H,19,22). The Bertz CT molecular complexity index is 688. The molecule has 3 N–H and O–H groups in total. The van der Waals surface area contributed by atoms with E-state index < -0.39 is 0 Å². The van der Waals surface area contributed by atoms with Crippen LogP contribution in [0.5, 0.6) is 0 Å². The highest BCUT2D eigenvalue weighted by molar-refractivity contribution is 6.33. The summed E-state index contributed by atoms with van der Waals surface area (Å²) in [7, 11) is 0. The van der Waals surface area contributed by atoms with Crippen LogP contribution in [0, 0.1) is 0 Å². The zero-order chi connectivity index (χ0) is 15.7. The highest BCUT2D eigenvalue weighted by Gasteiger charge is 2.18. The highest BCUT2D eigenvalue weighted by Crippen LogP contribution is 2.20. The van der Waals surface area contributed by atoms with Gasteiger partial charge in [0.25, 0.3) is 5.91 Å². The Labute approximate surface area is 133 Å². The van der Waals surface area contributed by atoms with Crippen molar-refractivity contribution in [1.82, 2.24) is 20.1 Å². The van der Waals surface area contributed by atoms with Gasteiger partial charge in [0.05, 0.1) is 22.3 Å². The molecular weight excluding hydrogens is 302 g/mol. The maximum atomic E-state index is 12.2. The lowest BCUT2D eigenvalue weighted by Gasteiger charge is -2.12. The number of nitrogen functional groups attached to an aromatic ring is 1. The van der Waals surface area contributed by atoms with Gasteiger partial charge in [0.1, 0.15) is 5.82 Å². The van der Waals surface area contributed by atoms with E-state index in [0.717, 1.165) is 25.1 Å². The Morgan fingerprint density at radius 1 is 1.45 bits per heavy atom. The van der Waals surface area contributed by atoms with Crippen LogP contribution in [0.4, 0.5) is 5.82 Å². The number of nitrogens with one attached hydrogen (secondary N) is 1. The summed E-state index contributed by atoms with van der Waals surface area (Å²) in [5.74, 6) is -0.0269. The Morgan fingerprint density at radius 3 is 3.00 bits per heavy atom. The van der Waals surface area contributed by atoms with Crippen LogP contribution in [-0.4, -0.2) is 20.7 Å². The molecule has 116 valence electrons. The number of aromatic nitrogens is 3. The van der Waals surface area contributed by atoms with Gasteiger partial charge in [-0.05, 0) is 38.3 Å². The SMILES string of the molecule is CC(NC(=O)c1cnc(N)c(Cl)c1)c1cc2n(n1)CCCC2. The molecule has 1 amide bonds. The molecule has 1 unspecified atom stereocenters. The molecule has 0 spiro atoms. The first-order valence-electron chi connectivity index (χ1n) is 7.33. The molecule has 1 aliphatic rings. The number of fused-ring (bicyclic) bond motifs is 1. The van der Waals surface area contributed by atoms with Crippen LogP contribution < -0.4 is 11.1 Å². The zero-order valence-corrected chi connectivity index (χ0v) is 13.1. The number of carbonyl (C=O) groups is 1. The Kier molecular flexibility index (Phi) is 4.02. The monoisotopic (exact) mass is 319 g/mol. The van der Waals surface area contributed by atoms with Gasteiger partial charge in [0.2, 0.25) is 0 Å². The third-order valence-corrected chi connectivity index (χ3v) is 4.16. The van der Waals surface area contributed by atoms with Crippen LogP contribution in [0.2, 0.25) is 5.02 Å². The molecule has 0 saturated heterocycles. The fraction of sp³-hybridized carbons (Fsp3) is 0.400. The van der Waals surface area contributed by atoms with E-state index in [0.29, 0.717) is 5.56 Å². The van der Waals surface area contributed by atoms with Gasteiger partial charge in [-0.15, -0.1) is 0 Å². The van der Waals surface area contributed by atoms with Crippen molar-refractivity contribution >= 4 is 23.3 Å². The smallest absolute Gasteiger partial charge is 0.253 e. The predicted octanol–water partition coefficient (Wildman–Crippen LogP) is 2.34. The number of carbonyl (C=O) groups excluding carboxylic acids is 1. The second-order valence-corrected chi connectivity index (χ2v) is 5.93. The molecule has 1 atom stereocenters. The second-order valence-electron chi connectivity index (χ2n) is 5.53. The number of amides is 1. The molecule has 3 rings (SSSR count). The summed E-state index contributed by atoms with van der Waals surface area (Å²) in [6.45, 7) is 2.87. The molecule has 0 fully saturated rings. The van der Waals surface area contributed by atoms with E-state index in [1.54, 1.807) is 0 Å². The van der Waals surface area contributed by atoms with Crippen molar-refractivity contribution in [3.8, 4) is 0 Å². The molecule has 1 aliphatic heterocycles. The van der Waals surface area contributed by atoms with Gasteiger partial charge in [-0.1, -0.05) is 11.6 Å². The number of nitrogens with two attached hydrogens (primary N) is 1. The zero-order valence-electron chi connectivity index (χ0n) is 12.3. The molecule has 7 heteroatoms. The van der Waals surface area contributed by atoms with Crippen molar-refractivity contribution in [2.24, 2.45) is 0 Å². The summed E-state index contributed by atoms with van der Waals surface area (Å²) in [5, 5.41) is 7.76. The molecule has 2 aromatic rings. The van der Waals surface area contributed by atoms with Gasteiger partial charge in [0.15, 0.2) is 0 Å². The number of halogens is 1. The normalized spacial score (nSPS) is 15.2. The first-order valence-corrected chi connectivity index (χ1v) is 7.71. The van der Waals surface area contributed by atoms with E-state index in [-0.39, 0.29) is 22.8 Å². The summed E-state index contributed by atoms with van der Waals surface area (Å²) in [6, 6.07) is 3.41. The largest absolute Gasteiger partial charge is 0.382 e. The molecule has 0 saturated carbocycles. The number of nitrogens with zero attached hydrogens (tertiary/aromatic N) is 3. The fourth-order valence-corrected chi connectivity index (χ4v) is 2.74. The number of hydrogen-bond donors (Lipinski definition) is 2. The molecule has 0 aromatic carbocycles. The molecular formula is C15H18ClN5O. The average Bonchev–Trinajstić information content (AvgIpc) is 2.94. The summed E-state index contributed by atoms with van der Waals surface area (Å²) in [4.78, 5) is 16.1. The van der Waals surface area contributed by atoms with E-state index in [2.05, 4.69) is 21.5 Å². The molecule has 22 heavy (non-hydrogen) atoms. The van der Waals surface area contributed by atoms with Gasteiger partial charge >= 0.3 is 0 Å². The predicted molar refractivity (Wildman–Crippen MR) is 84.7 cm³/mol. The summed E-state index contributed by atoms with van der Waals surface area (Å²) >= 11 is 5.90. The van der Waals surface area contributed by atoms with Gasteiger partial charge in [-0.25, -0.2) is 4.98 Å². The average molecular weight is 320 g/mol. The molecule has 6 nitrogen and oxygen atoms in total. The van der Waals surface area contributed by atoms with Crippen LogP contribution >= 0.6 is 11.6 Å². The lowest BCUT2D eigenvalue weighted by molar-refractivity contribution is 0.0938. The van der Waals surface area contributed by atoms with Crippen LogP contribution in [0.25, 0.3) is 0 Å². The number of pyridine rings is 1. The van der Waals surface area contributed by atoms with Crippen molar-refractivity contribution in [3.05, 3.63) is 40.3 Å². The molecule has 2 aromatic heterocycles. The summed E-state index contributed by atoms with van der Waals surface area (Å²) in [5.41, 5.74) is 8.04. The number of anilines is 1. The Hall–Kier alpha value is -2.08. The topological polar surface area (TPSA) is 85.8 Å². The van der Waals surface area contributed by atoms with Crippen LogP contribution in [-0.2, 0) is 13.0 Å². The second kappa shape index (κ2) is 5.96. The van der Waals surface area contributed by atoms with Gasteiger partial charge < -0.3 is 11.1 Å². The summed E-state index contributed by atoms with van der Waals surface area (Å²) in [6.07, 6.45) is 4.82. The minimum Gasteiger partial charge on any atom is -0.382 e. The van der Waals surface area contributed by atoms with Crippen molar-refractivity contribution in [1.29, 1.82) is 0 Å². The van der Waals surface area contributed by atoms with Crippen molar-refractivity contribution in [2.45, 2.75) is 38.8 Å². The molecule has 3 heterocycles. The van der Waals surface area contributed by atoms with E-state index in [1.807, 2.05) is 11.6 Å². The van der Waals surface area contributed by atoms with Crippen molar-refractivity contribution in [2.75, 3.05) is 5.73 Å². The van der Waals surface area contributed by atoms with Crippen molar-refractivity contribution < 1.29 is 4.79 Å². The molecule has 0 bridgehead atoms. The highest BCUT2D eigenvalue weighted by atomic mass is 35.5. The summed E-state index contributed by atoms with van der Waals surface area (Å²) < 4.78 is 2.03. The van der Waals surface area contributed by atoms with Crippen molar-refractivity contribution in [3.63, 3.8) is 0 Å². The maximum absolute atomic E-state index is 12.2. The first-order chi connectivity index (χ1) is 10.5. The first kappa shape index (κ1) is 14.8. The third-order valence-electron chi connectivity index (χ3n) is 3.86. The van der Waals surface area contributed by atoms with Crippen LogP contribution in [0.1, 0.15) is 47.6 Å². The Morgan fingerprint density at radius 2 is 2.27 bits per heavy atom. The van der Waals surface area contributed by atoms with E-state index >= 15 is 0 Å². The van der Waals surface area contributed by atoms with E-state index in [9.17, 15) is 4.79 Å². The number of hydrogen-bond acceptors (Lipinski definition) is 4. The van der Waals surface area contributed by atoms with Gasteiger partial charge in [-0.3, -0.25) is 9.48 Å². The minimum absolute atomic E-state index is 0.179. The van der Waals surface area contributed by atoms with E-state index in [1.165, 1.54) is 24.4 Å². The van der Waals surface area contributed by atoms with E-state index in [4.69, 9.17) is 17.3 Å². The fourth-order valence-electron chi connectivity index (χ4n) is 2.58. The maximum Gasteiger partial charge on any atom is 0.253 e. The van der Waals surface area contributed by atoms with Gasteiger partial charge in [0, 0.05) is 18.4 Å². The van der Waals surface area contributed by atoms with Crippen LogP contribution in [0.15, 0.2) is 18.3 Å².